The third-order valence-corrected chi connectivity index (χ3v) is 5.29. The van der Waals surface area contributed by atoms with Gasteiger partial charge in [0, 0.05) is 37.7 Å². The smallest absolute Gasteiger partial charge is 0.253 e. The van der Waals surface area contributed by atoms with E-state index in [4.69, 9.17) is 5.26 Å². The van der Waals surface area contributed by atoms with Crippen molar-refractivity contribution in [1.82, 2.24) is 9.80 Å². The molecule has 3 rings (SSSR count). The summed E-state index contributed by atoms with van der Waals surface area (Å²) >= 11 is 0. The molecule has 0 unspecified atom stereocenters. The second kappa shape index (κ2) is 8.15. The van der Waals surface area contributed by atoms with Gasteiger partial charge in [-0.2, -0.15) is 5.26 Å². The van der Waals surface area contributed by atoms with Gasteiger partial charge in [-0.05, 0) is 43.9 Å². The average molecular weight is 339 g/mol. The van der Waals surface area contributed by atoms with Crippen molar-refractivity contribution in [1.29, 1.82) is 5.26 Å². The third-order valence-electron chi connectivity index (χ3n) is 5.29. The summed E-state index contributed by atoms with van der Waals surface area (Å²) in [6.45, 7) is 3.00. The SMILES string of the molecule is N#Cc1cccc(C(=O)N2CCC(C(=O)N3CCCCCC3)CC2)c1. The summed E-state index contributed by atoms with van der Waals surface area (Å²) in [5, 5.41) is 8.98. The molecular weight excluding hydrogens is 314 g/mol. The number of nitrogens with zero attached hydrogens (tertiary/aromatic N) is 3. The molecule has 132 valence electrons. The number of nitriles is 1. The molecule has 0 spiro atoms. The average Bonchev–Trinajstić information content (AvgIpc) is 2.96. The fraction of sp³-hybridized carbons (Fsp3) is 0.550. The van der Waals surface area contributed by atoms with Crippen LogP contribution in [0.25, 0.3) is 0 Å². The predicted molar refractivity (Wildman–Crippen MR) is 94.8 cm³/mol. The summed E-state index contributed by atoms with van der Waals surface area (Å²) < 4.78 is 0. The molecule has 2 aliphatic rings. The molecule has 2 amide bonds. The minimum absolute atomic E-state index is 0.0437. The van der Waals surface area contributed by atoms with Crippen LogP contribution in [0.5, 0.6) is 0 Å². The van der Waals surface area contributed by atoms with Crippen molar-refractivity contribution in [3.05, 3.63) is 35.4 Å². The zero-order valence-corrected chi connectivity index (χ0v) is 14.6. The number of amides is 2. The first-order valence-corrected chi connectivity index (χ1v) is 9.27. The van der Waals surface area contributed by atoms with Crippen molar-refractivity contribution in [2.24, 2.45) is 5.92 Å². The summed E-state index contributed by atoms with van der Waals surface area (Å²) in [5.41, 5.74) is 1.05. The van der Waals surface area contributed by atoms with Gasteiger partial charge < -0.3 is 9.80 Å². The molecule has 1 aromatic carbocycles. The van der Waals surface area contributed by atoms with Gasteiger partial charge >= 0.3 is 0 Å². The lowest BCUT2D eigenvalue weighted by Gasteiger charge is -2.34. The van der Waals surface area contributed by atoms with Crippen molar-refractivity contribution >= 4 is 11.8 Å². The van der Waals surface area contributed by atoms with E-state index in [0.717, 1.165) is 38.8 Å². The molecule has 0 aromatic heterocycles. The van der Waals surface area contributed by atoms with Crippen LogP contribution in [0, 0.1) is 17.2 Å². The van der Waals surface area contributed by atoms with Gasteiger partial charge in [0.15, 0.2) is 0 Å². The zero-order valence-electron chi connectivity index (χ0n) is 14.6. The third kappa shape index (κ3) is 4.19. The van der Waals surface area contributed by atoms with E-state index in [1.54, 1.807) is 24.3 Å². The summed E-state index contributed by atoms with van der Waals surface area (Å²) in [5.74, 6) is 0.283. The molecule has 2 fully saturated rings. The van der Waals surface area contributed by atoms with Gasteiger partial charge in [-0.25, -0.2) is 0 Å². The van der Waals surface area contributed by atoms with E-state index >= 15 is 0 Å². The first-order chi connectivity index (χ1) is 12.2. The van der Waals surface area contributed by atoms with E-state index in [1.165, 1.54) is 12.8 Å². The van der Waals surface area contributed by atoms with Crippen LogP contribution in [-0.2, 0) is 4.79 Å². The Morgan fingerprint density at radius 2 is 1.64 bits per heavy atom. The van der Waals surface area contributed by atoms with Crippen molar-refractivity contribution in [3.63, 3.8) is 0 Å². The van der Waals surface area contributed by atoms with Gasteiger partial charge in [0.2, 0.25) is 5.91 Å². The number of carbonyl (C=O) groups is 2. The van der Waals surface area contributed by atoms with Gasteiger partial charge in [0.05, 0.1) is 11.6 Å². The Hall–Kier alpha value is -2.35. The van der Waals surface area contributed by atoms with Crippen LogP contribution < -0.4 is 0 Å². The molecule has 0 aliphatic carbocycles. The number of likely N-dealkylation sites (tertiary alicyclic amines) is 2. The summed E-state index contributed by atoms with van der Waals surface area (Å²) in [7, 11) is 0. The van der Waals surface area contributed by atoms with Crippen LogP contribution in [0.1, 0.15) is 54.4 Å². The molecule has 5 heteroatoms. The highest BCUT2D eigenvalue weighted by atomic mass is 16.2. The highest BCUT2D eigenvalue weighted by Gasteiger charge is 2.30. The number of benzene rings is 1. The van der Waals surface area contributed by atoms with Crippen molar-refractivity contribution < 1.29 is 9.59 Å². The molecule has 2 aliphatic heterocycles. The Labute approximate surface area is 149 Å². The maximum absolute atomic E-state index is 12.7. The molecule has 25 heavy (non-hydrogen) atoms. The first-order valence-electron chi connectivity index (χ1n) is 9.27. The van der Waals surface area contributed by atoms with Crippen LogP contribution >= 0.6 is 0 Å². The molecule has 5 nitrogen and oxygen atoms in total. The van der Waals surface area contributed by atoms with Crippen molar-refractivity contribution in [3.8, 4) is 6.07 Å². The second-order valence-electron chi connectivity index (χ2n) is 7.00. The van der Waals surface area contributed by atoms with E-state index in [-0.39, 0.29) is 17.7 Å². The summed E-state index contributed by atoms with van der Waals surface area (Å²) in [6, 6.07) is 8.89. The van der Waals surface area contributed by atoms with Crippen LogP contribution in [0.15, 0.2) is 24.3 Å². The highest BCUT2D eigenvalue weighted by molar-refractivity contribution is 5.94. The predicted octanol–water partition coefficient (Wildman–Crippen LogP) is 2.81. The second-order valence-corrected chi connectivity index (χ2v) is 7.00. The Morgan fingerprint density at radius 3 is 2.28 bits per heavy atom. The molecular formula is C20H25N3O2. The van der Waals surface area contributed by atoms with Crippen LogP contribution in [0.3, 0.4) is 0 Å². The Kier molecular flexibility index (Phi) is 5.70. The minimum atomic E-state index is -0.0437. The highest BCUT2D eigenvalue weighted by Crippen LogP contribution is 2.23. The lowest BCUT2D eigenvalue weighted by Crippen LogP contribution is -2.44. The van der Waals surface area contributed by atoms with Crippen LogP contribution in [0.2, 0.25) is 0 Å². The maximum Gasteiger partial charge on any atom is 0.253 e. The van der Waals surface area contributed by atoms with Gasteiger partial charge in [0.1, 0.15) is 0 Å². The number of hydrogen-bond donors (Lipinski definition) is 0. The number of carbonyl (C=O) groups excluding carboxylic acids is 2. The lowest BCUT2D eigenvalue weighted by atomic mass is 9.94. The monoisotopic (exact) mass is 339 g/mol. The lowest BCUT2D eigenvalue weighted by molar-refractivity contribution is -0.136. The number of rotatable bonds is 2. The molecule has 0 saturated carbocycles. The van der Waals surface area contributed by atoms with E-state index in [0.29, 0.717) is 24.2 Å². The quantitative estimate of drug-likeness (QED) is 0.832. The van der Waals surface area contributed by atoms with Crippen LogP contribution in [-0.4, -0.2) is 47.8 Å². The van der Waals surface area contributed by atoms with Gasteiger partial charge in [-0.1, -0.05) is 18.9 Å². The number of piperidine rings is 1. The minimum Gasteiger partial charge on any atom is -0.342 e. The van der Waals surface area contributed by atoms with E-state index in [9.17, 15) is 9.59 Å². The molecule has 0 atom stereocenters. The molecule has 2 saturated heterocycles. The normalized spacial score (nSPS) is 19.2. The fourth-order valence-electron chi connectivity index (χ4n) is 3.78. The Morgan fingerprint density at radius 1 is 0.960 bits per heavy atom. The van der Waals surface area contributed by atoms with Gasteiger partial charge in [0.25, 0.3) is 5.91 Å². The molecule has 1 aromatic rings. The van der Waals surface area contributed by atoms with Crippen molar-refractivity contribution in [2.45, 2.75) is 38.5 Å². The number of hydrogen-bond acceptors (Lipinski definition) is 3. The largest absolute Gasteiger partial charge is 0.342 e. The molecule has 0 N–H and O–H groups in total. The van der Waals surface area contributed by atoms with Crippen molar-refractivity contribution in [2.75, 3.05) is 26.2 Å². The first kappa shape index (κ1) is 17.5. The van der Waals surface area contributed by atoms with E-state index < -0.39 is 0 Å². The van der Waals surface area contributed by atoms with Gasteiger partial charge in [-0.3, -0.25) is 9.59 Å². The zero-order chi connectivity index (χ0) is 17.6. The molecule has 0 bridgehead atoms. The fourth-order valence-corrected chi connectivity index (χ4v) is 3.78. The maximum atomic E-state index is 12.7. The summed E-state index contributed by atoms with van der Waals surface area (Å²) in [6.07, 6.45) is 6.13. The van der Waals surface area contributed by atoms with Gasteiger partial charge in [-0.15, -0.1) is 0 Å². The summed E-state index contributed by atoms with van der Waals surface area (Å²) in [4.78, 5) is 29.2. The molecule has 2 heterocycles. The standard InChI is InChI=1S/C20H25N3O2/c21-15-16-6-5-7-18(14-16)20(25)23-12-8-17(9-13-23)19(24)22-10-3-1-2-4-11-22/h5-7,14,17H,1-4,8-13H2. The Balaban J connectivity index is 1.56. The van der Waals surface area contributed by atoms with E-state index in [1.807, 2.05) is 9.80 Å². The Bertz CT molecular complexity index is 664. The topological polar surface area (TPSA) is 64.4 Å². The van der Waals surface area contributed by atoms with Crippen LogP contribution in [0.4, 0.5) is 0 Å². The van der Waals surface area contributed by atoms with E-state index in [2.05, 4.69) is 6.07 Å². The molecule has 0 radical (unpaired) electrons.